The van der Waals surface area contributed by atoms with E-state index in [1.54, 1.807) is 30.3 Å². The van der Waals surface area contributed by atoms with Crippen LogP contribution in [-0.2, 0) is 14.8 Å². The molecule has 0 spiro atoms. The van der Waals surface area contributed by atoms with Gasteiger partial charge in [0, 0.05) is 24.4 Å². The average molecular weight is 372 g/mol. The van der Waals surface area contributed by atoms with Crippen LogP contribution >= 0.6 is 0 Å². The van der Waals surface area contributed by atoms with Gasteiger partial charge in [-0.25, -0.2) is 13.2 Å². The number of carbonyl (C=O) groups is 1. The van der Waals surface area contributed by atoms with Gasteiger partial charge in [-0.15, -0.1) is 0 Å². The van der Waals surface area contributed by atoms with E-state index in [-0.39, 0.29) is 17.9 Å². The Bertz CT molecular complexity index is 1110. The molecule has 26 heavy (non-hydrogen) atoms. The molecule has 0 aliphatic carbocycles. The van der Waals surface area contributed by atoms with Crippen LogP contribution in [0, 0.1) is 0 Å². The van der Waals surface area contributed by atoms with Crippen LogP contribution in [0.15, 0.2) is 74.8 Å². The number of nitrogens with zero attached hydrogens (tertiary/aromatic N) is 1. The maximum absolute atomic E-state index is 13.1. The Labute approximate surface area is 149 Å². The van der Waals surface area contributed by atoms with E-state index in [4.69, 9.17) is 10.2 Å². The summed E-state index contributed by atoms with van der Waals surface area (Å²) in [6.45, 7) is -0.0798. The molecule has 0 radical (unpaired) electrons. The fraction of sp³-hybridized carbons (Fsp3) is 0.111. The van der Waals surface area contributed by atoms with Crippen LogP contribution in [-0.4, -0.2) is 20.9 Å². The zero-order valence-electron chi connectivity index (χ0n) is 13.7. The number of primary amides is 1. The van der Waals surface area contributed by atoms with Gasteiger partial charge in [-0.05, 0) is 36.4 Å². The number of hydrogen-bond donors (Lipinski definition) is 1. The summed E-state index contributed by atoms with van der Waals surface area (Å²) in [5, 5.41) is 0.480. The number of benzene rings is 2. The maximum atomic E-state index is 13.1. The highest BCUT2D eigenvalue weighted by Gasteiger charge is 2.25. The lowest BCUT2D eigenvalue weighted by Crippen LogP contribution is -2.34. The van der Waals surface area contributed by atoms with Gasteiger partial charge in [-0.1, -0.05) is 18.2 Å². The number of carbonyl (C=O) groups excluding carboxylic acids is 1. The van der Waals surface area contributed by atoms with E-state index in [0.717, 1.165) is 4.31 Å². The first kappa shape index (κ1) is 17.7. The summed E-state index contributed by atoms with van der Waals surface area (Å²) < 4.78 is 32.4. The molecule has 3 rings (SSSR count). The maximum Gasteiger partial charge on any atom is 0.336 e. The molecule has 0 saturated heterocycles. The molecule has 0 bridgehead atoms. The van der Waals surface area contributed by atoms with Crippen LogP contribution in [0.4, 0.5) is 5.69 Å². The third kappa shape index (κ3) is 3.60. The third-order valence-corrected chi connectivity index (χ3v) is 5.61. The molecule has 2 N–H and O–H groups in total. The SMILES string of the molecule is NC(=O)CCN(c1ccccc1)S(=O)(=O)c1ccc2oc(=O)ccc2c1. The number of amides is 1. The summed E-state index contributed by atoms with van der Waals surface area (Å²) in [6.07, 6.45) is -0.115. The minimum Gasteiger partial charge on any atom is -0.423 e. The molecule has 3 aromatic rings. The Morgan fingerprint density at radius 1 is 1.04 bits per heavy atom. The molecule has 0 fully saturated rings. The second-order valence-corrected chi connectivity index (χ2v) is 7.45. The predicted octanol–water partition coefficient (Wildman–Crippen LogP) is 1.86. The number of para-hydroxylation sites is 1. The molecular formula is C18H16N2O5S. The molecule has 0 aliphatic heterocycles. The van der Waals surface area contributed by atoms with E-state index in [1.807, 2.05) is 0 Å². The number of rotatable bonds is 6. The van der Waals surface area contributed by atoms with Gasteiger partial charge in [0.25, 0.3) is 10.0 Å². The minimum atomic E-state index is -3.95. The van der Waals surface area contributed by atoms with Crippen molar-refractivity contribution in [2.45, 2.75) is 11.3 Å². The van der Waals surface area contributed by atoms with Crippen LogP contribution < -0.4 is 15.7 Å². The second-order valence-electron chi connectivity index (χ2n) is 5.58. The normalized spacial score (nSPS) is 11.4. The second kappa shape index (κ2) is 7.01. The highest BCUT2D eigenvalue weighted by molar-refractivity contribution is 7.92. The van der Waals surface area contributed by atoms with Crippen molar-refractivity contribution >= 4 is 32.6 Å². The van der Waals surface area contributed by atoms with Gasteiger partial charge < -0.3 is 10.2 Å². The standard InChI is InChI=1S/C18H16N2O5S/c19-17(21)10-11-20(14-4-2-1-3-5-14)26(23,24)15-7-8-16-13(12-15)6-9-18(22)25-16/h1-9,12H,10-11H2,(H2,19,21). The van der Waals surface area contributed by atoms with Gasteiger partial charge in [0.05, 0.1) is 10.6 Å². The molecule has 134 valence electrons. The van der Waals surface area contributed by atoms with Gasteiger partial charge in [0.2, 0.25) is 5.91 Å². The lowest BCUT2D eigenvalue weighted by molar-refractivity contribution is -0.117. The molecule has 8 heteroatoms. The molecule has 0 aliphatic rings. The first-order valence-electron chi connectivity index (χ1n) is 7.78. The zero-order valence-corrected chi connectivity index (χ0v) is 14.5. The zero-order chi connectivity index (χ0) is 18.7. The Morgan fingerprint density at radius 2 is 1.77 bits per heavy atom. The molecule has 1 aromatic heterocycles. The van der Waals surface area contributed by atoms with Crippen molar-refractivity contribution in [1.29, 1.82) is 0 Å². The van der Waals surface area contributed by atoms with E-state index in [2.05, 4.69) is 0 Å². The van der Waals surface area contributed by atoms with Crippen LogP contribution in [0.3, 0.4) is 0 Å². The summed E-state index contributed by atoms with van der Waals surface area (Å²) in [7, 11) is -3.95. The van der Waals surface area contributed by atoms with Gasteiger partial charge in [0.15, 0.2) is 0 Å². The van der Waals surface area contributed by atoms with Crippen LogP contribution in [0.25, 0.3) is 11.0 Å². The molecule has 0 saturated carbocycles. The average Bonchev–Trinajstić information content (AvgIpc) is 2.61. The summed E-state index contributed by atoms with van der Waals surface area (Å²) in [6, 6.07) is 15.4. The topological polar surface area (TPSA) is 111 Å². The molecule has 1 amide bonds. The van der Waals surface area contributed by atoms with Crippen molar-refractivity contribution in [3.05, 3.63) is 71.1 Å². The van der Waals surface area contributed by atoms with Crippen LogP contribution in [0.1, 0.15) is 6.42 Å². The van der Waals surface area contributed by atoms with Crippen LogP contribution in [0.2, 0.25) is 0 Å². The van der Waals surface area contributed by atoms with Crippen molar-refractivity contribution in [3.63, 3.8) is 0 Å². The van der Waals surface area contributed by atoms with Crippen molar-refractivity contribution in [1.82, 2.24) is 0 Å². The smallest absolute Gasteiger partial charge is 0.336 e. The van der Waals surface area contributed by atoms with Gasteiger partial charge in [-0.3, -0.25) is 9.10 Å². The Hall–Kier alpha value is -3.13. The van der Waals surface area contributed by atoms with Crippen molar-refractivity contribution in [2.24, 2.45) is 5.73 Å². The fourth-order valence-electron chi connectivity index (χ4n) is 2.53. The lowest BCUT2D eigenvalue weighted by atomic mass is 10.2. The number of fused-ring (bicyclic) bond motifs is 1. The van der Waals surface area contributed by atoms with E-state index < -0.39 is 21.6 Å². The Kier molecular flexibility index (Phi) is 4.77. The number of hydrogen-bond acceptors (Lipinski definition) is 5. The number of nitrogens with two attached hydrogens (primary N) is 1. The Morgan fingerprint density at radius 3 is 2.46 bits per heavy atom. The summed E-state index contributed by atoms with van der Waals surface area (Å²) in [5.41, 5.74) is 5.39. The monoisotopic (exact) mass is 372 g/mol. The molecule has 0 unspecified atom stereocenters. The highest BCUT2D eigenvalue weighted by atomic mass is 32.2. The highest BCUT2D eigenvalue weighted by Crippen LogP contribution is 2.26. The third-order valence-electron chi connectivity index (χ3n) is 3.78. The van der Waals surface area contributed by atoms with Gasteiger partial charge in [-0.2, -0.15) is 0 Å². The van der Waals surface area contributed by atoms with Crippen LogP contribution in [0.5, 0.6) is 0 Å². The molecule has 1 heterocycles. The van der Waals surface area contributed by atoms with E-state index in [9.17, 15) is 18.0 Å². The molecule has 2 aromatic carbocycles. The fourth-order valence-corrected chi connectivity index (χ4v) is 4.03. The Balaban J connectivity index is 2.08. The van der Waals surface area contributed by atoms with Crippen molar-refractivity contribution < 1.29 is 17.6 Å². The van der Waals surface area contributed by atoms with Crippen molar-refractivity contribution in [3.8, 4) is 0 Å². The van der Waals surface area contributed by atoms with Gasteiger partial charge in [0.1, 0.15) is 5.58 Å². The largest absolute Gasteiger partial charge is 0.423 e. The van der Waals surface area contributed by atoms with Gasteiger partial charge >= 0.3 is 5.63 Å². The summed E-state index contributed by atoms with van der Waals surface area (Å²) in [4.78, 5) is 22.5. The molecule has 0 atom stereocenters. The lowest BCUT2D eigenvalue weighted by Gasteiger charge is -2.24. The quantitative estimate of drug-likeness (QED) is 0.664. The first-order chi connectivity index (χ1) is 12.4. The number of sulfonamides is 1. The van der Waals surface area contributed by atoms with E-state index in [1.165, 1.54) is 30.3 Å². The minimum absolute atomic E-state index is 0.0205. The summed E-state index contributed by atoms with van der Waals surface area (Å²) >= 11 is 0. The molecular weight excluding hydrogens is 356 g/mol. The van der Waals surface area contributed by atoms with E-state index in [0.29, 0.717) is 16.7 Å². The summed E-state index contributed by atoms with van der Waals surface area (Å²) in [5.74, 6) is -0.596. The first-order valence-corrected chi connectivity index (χ1v) is 9.22. The number of anilines is 1. The van der Waals surface area contributed by atoms with E-state index >= 15 is 0 Å². The predicted molar refractivity (Wildman–Crippen MR) is 97.3 cm³/mol. The van der Waals surface area contributed by atoms with Crippen molar-refractivity contribution in [2.75, 3.05) is 10.8 Å². The molecule has 7 nitrogen and oxygen atoms in total.